The third-order valence-electron chi connectivity index (χ3n) is 3.68. The van der Waals surface area contributed by atoms with Gasteiger partial charge < -0.3 is 9.64 Å². The fourth-order valence-electron chi connectivity index (χ4n) is 2.44. The van der Waals surface area contributed by atoms with Gasteiger partial charge in [0.05, 0.1) is 5.75 Å². The molecule has 0 amide bonds. The van der Waals surface area contributed by atoms with Gasteiger partial charge in [0.25, 0.3) is 0 Å². The molecule has 2 heterocycles. The van der Waals surface area contributed by atoms with Crippen LogP contribution in [0, 0.1) is 0 Å². The predicted octanol–water partition coefficient (Wildman–Crippen LogP) is 1.67. The van der Waals surface area contributed by atoms with Crippen LogP contribution in [-0.2, 0) is 10.0 Å². The van der Waals surface area contributed by atoms with Crippen molar-refractivity contribution >= 4 is 26.5 Å². The molecule has 1 fully saturated rings. The van der Waals surface area contributed by atoms with Crippen molar-refractivity contribution in [1.82, 2.24) is 9.29 Å². The van der Waals surface area contributed by atoms with Gasteiger partial charge in [-0.25, -0.2) is 13.4 Å². The summed E-state index contributed by atoms with van der Waals surface area (Å²) in [5.41, 5.74) is 0. The number of aromatic nitrogens is 1. The molecule has 1 aromatic carbocycles. The van der Waals surface area contributed by atoms with Crippen molar-refractivity contribution < 1.29 is 13.2 Å². The van der Waals surface area contributed by atoms with Crippen molar-refractivity contribution in [1.29, 1.82) is 0 Å². The molecular weight excluding hydrogens is 334 g/mol. The van der Waals surface area contributed by atoms with Gasteiger partial charge in [0.15, 0.2) is 5.13 Å². The highest BCUT2D eigenvalue weighted by atomic mass is 32.2. The Kier molecular flexibility index (Phi) is 5.14. The van der Waals surface area contributed by atoms with E-state index in [1.54, 1.807) is 21.8 Å². The minimum atomic E-state index is -3.28. The lowest BCUT2D eigenvalue weighted by molar-refractivity contribution is 0.331. The van der Waals surface area contributed by atoms with Crippen molar-refractivity contribution in [2.75, 3.05) is 43.4 Å². The van der Waals surface area contributed by atoms with Crippen LogP contribution in [-0.4, -0.2) is 56.2 Å². The largest absolute Gasteiger partial charge is 0.492 e. The van der Waals surface area contributed by atoms with E-state index in [0.29, 0.717) is 31.9 Å². The van der Waals surface area contributed by atoms with Crippen molar-refractivity contribution in [3.05, 3.63) is 41.9 Å². The first kappa shape index (κ1) is 16.2. The highest BCUT2D eigenvalue weighted by molar-refractivity contribution is 7.89. The number of benzene rings is 1. The number of sulfonamides is 1. The number of rotatable bonds is 6. The van der Waals surface area contributed by atoms with Gasteiger partial charge >= 0.3 is 0 Å². The molecule has 6 nitrogen and oxygen atoms in total. The Morgan fingerprint density at radius 1 is 1.13 bits per heavy atom. The van der Waals surface area contributed by atoms with Crippen LogP contribution in [0.2, 0.25) is 0 Å². The highest BCUT2D eigenvalue weighted by Gasteiger charge is 2.27. The van der Waals surface area contributed by atoms with Gasteiger partial charge in [-0.15, -0.1) is 11.3 Å². The Morgan fingerprint density at radius 2 is 1.87 bits per heavy atom. The van der Waals surface area contributed by atoms with E-state index in [2.05, 4.69) is 9.88 Å². The molecule has 0 atom stereocenters. The van der Waals surface area contributed by atoms with Crippen LogP contribution in [0.5, 0.6) is 5.75 Å². The van der Waals surface area contributed by atoms with Crippen LogP contribution in [0.25, 0.3) is 0 Å². The second kappa shape index (κ2) is 7.29. The first-order valence-corrected chi connectivity index (χ1v) is 9.94. The van der Waals surface area contributed by atoms with Crippen LogP contribution >= 0.6 is 11.3 Å². The Morgan fingerprint density at radius 3 is 2.52 bits per heavy atom. The molecule has 0 N–H and O–H groups in total. The summed E-state index contributed by atoms with van der Waals surface area (Å²) in [4.78, 5) is 6.39. The van der Waals surface area contributed by atoms with E-state index in [-0.39, 0.29) is 12.4 Å². The maximum atomic E-state index is 12.4. The van der Waals surface area contributed by atoms with Crippen LogP contribution in [0.4, 0.5) is 5.13 Å². The van der Waals surface area contributed by atoms with Crippen LogP contribution in [0.3, 0.4) is 0 Å². The van der Waals surface area contributed by atoms with Gasteiger partial charge in [0.2, 0.25) is 10.0 Å². The topological polar surface area (TPSA) is 62.7 Å². The smallest absolute Gasteiger partial charge is 0.217 e. The summed E-state index contributed by atoms with van der Waals surface area (Å²) in [6.45, 7) is 2.50. The summed E-state index contributed by atoms with van der Waals surface area (Å²) in [7, 11) is -3.28. The summed E-state index contributed by atoms with van der Waals surface area (Å²) < 4.78 is 31.8. The van der Waals surface area contributed by atoms with E-state index >= 15 is 0 Å². The summed E-state index contributed by atoms with van der Waals surface area (Å²) in [6.07, 6.45) is 1.77. The van der Waals surface area contributed by atoms with Gasteiger partial charge in [0.1, 0.15) is 12.4 Å². The Balaban J connectivity index is 1.48. The second-order valence-corrected chi connectivity index (χ2v) is 8.14. The number of piperazine rings is 1. The molecule has 0 bridgehead atoms. The minimum absolute atomic E-state index is 0.000847. The number of hydrogen-bond acceptors (Lipinski definition) is 6. The van der Waals surface area contributed by atoms with Crippen LogP contribution in [0.1, 0.15) is 0 Å². The predicted molar refractivity (Wildman–Crippen MR) is 91.6 cm³/mol. The zero-order chi connectivity index (χ0) is 16.1. The van der Waals surface area contributed by atoms with Crippen molar-refractivity contribution in [2.45, 2.75) is 0 Å². The number of para-hydroxylation sites is 1. The molecule has 124 valence electrons. The molecule has 0 unspecified atom stereocenters. The fraction of sp³-hybridized carbons (Fsp3) is 0.400. The maximum Gasteiger partial charge on any atom is 0.217 e. The Labute approximate surface area is 140 Å². The zero-order valence-corrected chi connectivity index (χ0v) is 14.3. The molecule has 23 heavy (non-hydrogen) atoms. The number of hydrogen-bond donors (Lipinski definition) is 0. The summed E-state index contributed by atoms with van der Waals surface area (Å²) in [6, 6.07) is 9.26. The molecule has 3 rings (SSSR count). The van der Waals surface area contributed by atoms with Crippen LogP contribution in [0.15, 0.2) is 41.9 Å². The van der Waals surface area contributed by atoms with Gasteiger partial charge in [-0.2, -0.15) is 4.31 Å². The number of nitrogens with zero attached hydrogens (tertiary/aromatic N) is 3. The lowest BCUT2D eigenvalue weighted by Crippen LogP contribution is -2.49. The molecule has 0 aliphatic carbocycles. The van der Waals surface area contributed by atoms with E-state index in [4.69, 9.17) is 4.74 Å². The molecule has 0 saturated carbocycles. The molecule has 1 aliphatic rings. The van der Waals surface area contributed by atoms with Gasteiger partial charge in [0, 0.05) is 37.8 Å². The van der Waals surface area contributed by atoms with Crippen molar-refractivity contribution in [2.24, 2.45) is 0 Å². The Hall–Kier alpha value is -1.64. The van der Waals surface area contributed by atoms with Crippen molar-refractivity contribution in [3.63, 3.8) is 0 Å². The zero-order valence-electron chi connectivity index (χ0n) is 12.7. The fourth-order valence-corrected chi connectivity index (χ4v) is 4.41. The summed E-state index contributed by atoms with van der Waals surface area (Å²) >= 11 is 1.58. The second-order valence-electron chi connectivity index (χ2n) is 5.18. The molecule has 0 spiro atoms. The molecule has 2 aromatic rings. The van der Waals surface area contributed by atoms with E-state index < -0.39 is 10.0 Å². The quantitative estimate of drug-likeness (QED) is 0.791. The van der Waals surface area contributed by atoms with Gasteiger partial charge in [-0.3, -0.25) is 0 Å². The molecule has 1 saturated heterocycles. The molecule has 1 aromatic heterocycles. The Bertz CT molecular complexity index is 697. The first-order chi connectivity index (χ1) is 11.1. The molecule has 8 heteroatoms. The highest BCUT2D eigenvalue weighted by Crippen LogP contribution is 2.20. The van der Waals surface area contributed by atoms with E-state index in [1.165, 1.54) is 0 Å². The third-order valence-corrected chi connectivity index (χ3v) is 6.34. The monoisotopic (exact) mass is 353 g/mol. The minimum Gasteiger partial charge on any atom is -0.492 e. The van der Waals surface area contributed by atoms with E-state index in [0.717, 1.165) is 5.13 Å². The normalized spacial score (nSPS) is 16.4. The van der Waals surface area contributed by atoms with Crippen molar-refractivity contribution in [3.8, 4) is 5.75 Å². The molecular formula is C15H19N3O3S2. The van der Waals surface area contributed by atoms with Gasteiger partial charge in [-0.05, 0) is 12.1 Å². The molecule has 0 radical (unpaired) electrons. The lowest BCUT2D eigenvalue weighted by Gasteiger charge is -2.33. The maximum absolute atomic E-state index is 12.4. The third kappa shape index (κ3) is 4.21. The number of ether oxygens (including phenoxy) is 1. The first-order valence-electron chi connectivity index (χ1n) is 7.45. The van der Waals surface area contributed by atoms with Crippen LogP contribution < -0.4 is 9.64 Å². The number of thiazole rings is 1. The average Bonchev–Trinajstić information content (AvgIpc) is 3.10. The summed E-state index contributed by atoms with van der Waals surface area (Å²) in [5.74, 6) is 0.690. The van der Waals surface area contributed by atoms with Gasteiger partial charge in [-0.1, -0.05) is 18.2 Å². The summed E-state index contributed by atoms with van der Waals surface area (Å²) in [5, 5.41) is 2.88. The average molecular weight is 353 g/mol. The van der Waals surface area contributed by atoms with E-state index in [9.17, 15) is 8.42 Å². The standard InChI is InChI=1S/C15H19N3O3S2/c19-23(20,13-11-21-14-4-2-1-3-5-14)18-9-7-17(8-10-18)15-16-6-12-22-15/h1-6,12H,7-11,13H2. The number of anilines is 1. The molecule has 1 aliphatic heterocycles. The SMILES string of the molecule is O=S(=O)(CCOc1ccccc1)N1CCN(c2nccs2)CC1. The lowest BCUT2D eigenvalue weighted by atomic mass is 10.3. The van der Waals surface area contributed by atoms with E-state index in [1.807, 2.05) is 35.7 Å².